The first kappa shape index (κ1) is 15.8. The van der Waals surface area contributed by atoms with Gasteiger partial charge >= 0.3 is 5.69 Å². The fourth-order valence-corrected chi connectivity index (χ4v) is 2.56. The molecule has 0 spiro atoms. The van der Waals surface area contributed by atoms with Crippen molar-refractivity contribution in [2.45, 2.75) is 26.9 Å². The van der Waals surface area contributed by atoms with Crippen molar-refractivity contribution < 1.29 is 0 Å². The lowest BCUT2D eigenvalue weighted by Crippen LogP contribution is -2.45. The molecule has 1 aliphatic heterocycles. The lowest BCUT2D eigenvalue weighted by atomic mass is 10.2. The van der Waals surface area contributed by atoms with E-state index in [0.29, 0.717) is 24.5 Å². The molecule has 118 valence electrons. The fourth-order valence-electron chi connectivity index (χ4n) is 2.56. The highest BCUT2D eigenvalue weighted by atomic mass is 16.2. The molecule has 7 nitrogen and oxygen atoms in total. The van der Waals surface area contributed by atoms with Crippen LogP contribution in [0.15, 0.2) is 9.59 Å². The van der Waals surface area contributed by atoms with Crippen LogP contribution in [0.5, 0.6) is 0 Å². The van der Waals surface area contributed by atoms with Crippen molar-refractivity contribution in [1.29, 1.82) is 0 Å². The zero-order chi connectivity index (χ0) is 15.6. The Hall–Kier alpha value is -1.60. The minimum atomic E-state index is -0.423. The monoisotopic (exact) mass is 295 g/mol. The van der Waals surface area contributed by atoms with Gasteiger partial charge in [-0.1, -0.05) is 13.8 Å². The van der Waals surface area contributed by atoms with Crippen molar-refractivity contribution in [3.05, 3.63) is 26.4 Å². The number of nitrogen functional groups attached to an aromatic ring is 1. The summed E-state index contributed by atoms with van der Waals surface area (Å²) in [4.78, 5) is 30.8. The third-order valence-electron chi connectivity index (χ3n) is 3.87. The summed E-state index contributed by atoms with van der Waals surface area (Å²) in [6.07, 6.45) is 0. The van der Waals surface area contributed by atoms with Crippen LogP contribution in [-0.4, -0.2) is 52.6 Å². The van der Waals surface area contributed by atoms with E-state index >= 15 is 0 Å². The average molecular weight is 295 g/mol. The molecule has 1 aromatic rings. The van der Waals surface area contributed by atoms with Gasteiger partial charge in [0.25, 0.3) is 5.56 Å². The van der Waals surface area contributed by atoms with Crippen molar-refractivity contribution in [2.75, 3.05) is 39.0 Å². The summed E-state index contributed by atoms with van der Waals surface area (Å²) >= 11 is 0. The zero-order valence-electron chi connectivity index (χ0n) is 13.1. The van der Waals surface area contributed by atoms with Crippen LogP contribution in [0, 0.1) is 5.92 Å². The minimum absolute atomic E-state index is 0.285. The Labute approximate surface area is 124 Å². The molecule has 21 heavy (non-hydrogen) atoms. The molecule has 1 aromatic heterocycles. The Balaban J connectivity index is 2.26. The molecule has 0 aliphatic carbocycles. The van der Waals surface area contributed by atoms with Crippen molar-refractivity contribution in [1.82, 2.24) is 19.4 Å². The minimum Gasteiger partial charge on any atom is -0.385 e. The first-order valence-electron chi connectivity index (χ1n) is 7.41. The second-order valence-electron chi connectivity index (χ2n) is 6.21. The van der Waals surface area contributed by atoms with E-state index in [1.807, 2.05) is 13.8 Å². The van der Waals surface area contributed by atoms with Gasteiger partial charge in [0, 0.05) is 39.3 Å². The molecule has 3 N–H and O–H groups in total. The summed E-state index contributed by atoms with van der Waals surface area (Å²) in [5.41, 5.74) is 5.80. The van der Waals surface area contributed by atoms with Crippen LogP contribution in [0.25, 0.3) is 0 Å². The molecule has 1 saturated heterocycles. The maximum Gasteiger partial charge on any atom is 0.329 e. The van der Waals surface area contributed by atoms with Crippen molar-refractivity contribution in [3.63, 3.8) is 0 Å². The molecule has 0 amide bonds. The third-order valence-corrected chi connectivity index (χ3v) is 3.87. The Bertz CT molecular complexity index is 596. The van der Waals surface area contributed by atoms with Crippen LogP contribution in [0.1, 0.15) is 19.4 Å². The molecule has 0 bridgehead atoms. The molecular weight excluding hydrogens is 270 g/mol. The van der Waals surface area contributed by atoms with Gasteiger partial charge < -0.3 is 10.6 Å². The van der Waals surface area contributed by atoms with Crippen molar-refractivity contribution in [3.8, 4) is 0 Å². The predicted octanol–water partition coefficient (Wildman–Crippen LogP) is -0.478. The number of aromatic amines is 1. The summed E-state index contributed by atoms with van der Waals surface area (Å²) in [7, 11) is 2.08. The molecule has 0 unspecified atom stereocenters. The number of nitrogens with one attached hydrogen (secondary N) is 1. The number of nitrogens with two attached hydrogens (primary N) is 1. The molecule has 1 aliphatic rings. The normalized spacial score (nSPS) is 17.5. The number of H-pyrrole nitrogens is 1. The van der Waals surface area contributed by atoms with Gasteiger partial charge in [-0.05, 0) is 13.0 Å². The van der Waals surface area contributed by atoms with E-state index in [0.717, 1.165) is 26.2 Å². The molecule has 0 saturated carbocycles. The molecule has 2 rings (SSSR count). The highest BCUT2D eigenvalue weighted by Crippen LogP contribution is 2.11. The maximum atomic E-state index is 12.1. The van der Waals surface area contributed by atoms with E-state index in [1.165, 1.54) is 4.57 Å². The van der Waals surface area contributed by atoms with E-state index in [9.17, 15) is 9.59 Å². The summed E-state index contributed by atoms with van der Waals surface area (Å²) in [6, 6.07) is 0. The average Bonchev–Trinajstić information content (AvgIpc) is 2.41. The zero-order valence-corrected chi connectivity index (χ0v) is 13.1. The topological polar surface area (TPSA) is 87.4 Å². The Morgan fingerprint density at radius 1 is 1.19 bits per heavy atom. The maximum absolute atomic E-state index is 12.1. The molecular formula is C14H25N5O2. The van der Waals surface area contributed by atoms with Gasteiger partial charge in [0.05, 0.1) is 5.56 Å². The summed E-state index contributed by atoms with van der Waals surface area (Å²) in [6.45, 7) is 8.78. The summed E-state index contributed by atoms with van der Waals surface area (Å²) in [5, 5.41) is 0. The van der Waals surface area contributed by atoms with Crippen molar-refractivity contribution >= 4 is 5.82 Å². The summed E-state index contributed by atoms with van der Waals surface area (Å²) in [5.74, 6) is 0.587. The molecule has 0 aromatic carbocycles. The number of piperazine rings is 1. The Morgan fingerprint density at radius 3 is 2.38 bits per heavy atom. The first-order chi connectivity index (χ1) is 9.88. The number of likely N-dealkylation sites (N-methyl/N-ethyl adjacent to an activating group) is 1. The third kappa shape index (κ3) is 3.74. The van der Waals surface area contributed by atoms with E-state index in [1.54, 1.807) is 0 Å². The van der Waals surface area contributed by atoms with Crippen LogP contribution in [0.3, 0.4) is 0 Å². The van der Waals surface area contributed by atoms with E-state index in [4.69, 9.17) is 5.73 Å². The van der Waals surface area contributed by atoms with Crippen molar-refractivity contribution in [2.24, 2.45) is 5.92 Å². The number of hydrogen-bond acceptors (Lipinski definition) is 5. The largest absolute Gasteiger partial charge is 0.385 e. The highest BCUT2D eigenvalue weighted by Gasteiger charge is 2.19. The molecule has 1 fully saturated rings. The standard InChI is InChI=1S/C14H25N5O2/c1-10(2)8-19-12(15)11(13(20)16-14(19)21)9-18-6-4-17(3)5-7-18/h10H,4-9,15H2,1-3H3,(H,16,20,21). The van der Waals surface area contributed by atoms with Crippen LogP contribution in [0.4, 0.5) is 5.82 Å². The van der Waals surface area contributed by atoms with Gasteiger partial charge in [0.15, 0.2) is 0 Å². The second kappa shape index (κ2) is 6.44. The van der Waals surface area contributed by atoms with Gasteiger partial charge in [-0.2, -0.15) is 0 Å². The molecule has 7 heteroatoms. The van der Waals surface area contributed by atoms with Gasteiger partial charge in [-0.15, -0.1) is 0 Å². The van der Waals surface area contributed by atoms with E-state index in [2.05, 4.69) is 21.8 Å². The SMILES string of the molecule is CC(C)Cn1c(N)c(CN2CCN(C)CC2)c(=O)[nH]c1=O. The lowest BCUT2D eigenvalue weighted by molar-refractivity contribution is 0.147. The van der Waals surface area contributed by atoms with Gasteiger partial charge in [-0.3, -0.25) is 19.2 Å². The first-order valence-corrected chi connectivity index (χ1v) is 7.41. The number of rotatable bonds is 4. The van der Waals surface area contributed by atoms with E-state index in [-0.39, 0.29) is 11.5 Å². The lowest BCUT2D eigenvalue weighted by Gasteiger charge is -2.32. The number of anilines is 1. The summed E-state index contributed by atoms with van der Waals surface area (Å²) < 4.78 is 1.47. The predicted molar refractivity (Wildman–Crippen MR) is 83.3 cm³/mol. The number of nitrogens with zero attached hydrogens (tertiary/aromatic N) is 3. The van der Waals surface area contributed by atoms with Crippen LogP contribution < -0.4 is 17.0 Å². The molecule has 0 radical (unpaired) electrons. The van der Waals surface area contributed by atoms with Crippen LogP contribution in [-0.2, 0) is 13.1 Å². The van der Waals surface area contributed by atoms with Gasteiger partial charge in [0.1, 0.15) is 5.82 Å². The van der Waals surface area contributed by atoms with Gasteiger partial charge in [-0.25, -0.2) is 4.79 Å². The van der Waals surface area contributed by atoms with Crippen LogP contribution >= 0.6 is 0 Å². The Kier molecular flexibility index (Phi) is 4.84. The quantitative estimate of drug-likeness (QED) is 0.783. The smallest absolute Gasteiger partial charge is 0.329 e. The van der Waals surface area contributed by atoms with E-state index < -0.39 is 5.69 Å². The molecule has 0 atom stereocenters. The molecule has 2 heterocycles. The highest BCUT2D eigenvalue weighted by molar-refractivity contribution is 5.38. The number of hydrogen-bond donors (Lipinski definition) is 2. The fraction of sp³-hybridized carbons (Fsp3) is 0.714. The van der Waals surface area contributed by atoms with Crippen LogP contribution in [0.2, 0.25) is 0 Å². The van der Waals surface area contributed by atoms with Gasteiger partial charge in [0.2, 0.25) is 0 Å². The number of aromatic nitrogens is 2. The second-order valence-corrected chi connectivity index (χ2v) is 6.21. The Morgan fingerprint density at radius 2 is 1.81 bits per heavy atom.